The molecular formula is C15H24O3. The fourth-order valence-electron chi connectivity index (χ4n) is 3.72. The number of allylic oxidation sites excluding steroid dienone is 1. The van der Waals surface area contributed by atoms with Crippen molar-refractivity contribution >= 4 is 5.78 Å². The van der Waals surface area contributed by atoms with Gasteiger partial charge < -0.3 is 10.2 Å². The van der Waals surface area contributed by atoms with Gasteiger partial charge in [0.1, 0.15) is 0 Å². The number of aliphatic hydroxyl groups excluding tert-OH is 1. The molecule has 0 amide bonds. The maximum Gasteiger partial charge on any atom is 0.161 e. The molecule has 2 N–H and O–H groups in total. The van der Waals surface area contributed by atoms with Crippen molar-refractivity contribution in [2.75, 3.05) is 6.61 Å². The summed E-state index contributed by atoms with van der Waals surface area (Å²) >= 11 is 0. The first-order valence-corrected chi connectivity index (χ1v) is 6.94. The maximum absolute atomic E-state index is 11.9. The van der Waals surface area contributed by atoms with Gasteiger partial charge in [-0.2, -0.15) is 0 Å². The largest absolute Gasteiger partial charge is 0.392 e. The Balaban J connectivity index is 2.36. The monoisotopic (exact) mass is 252 g/mol. The summed E-state index contributed by atoms with van der Waals surface area (Å²) in [5, 5.41) is 19.8. The molecule has 2 aliphatic rings. The van der Waals surface area contributed by atoms with Gasteiger partial charge in [-0.15, -0.1) is 0 Å². The fourth-order valence-corrected chi connectivity index (χ4v) is 3.72. The molecule has 0 bridgehead atoms. The van der Waals surface area contributed by atoms with E-state index in [1.807, 2.05) is 13.0 Å². The first-order chi connectivity index (χ1) is 8.36. The summed E-state index contributed by atoms with van der Waals surface area (Å²) in [4.78, 5) is 11.9. The van der Waals surface area contributed by atoms with Crippen LogP contribution in [0.2, 0.25) is 0 Å². The van der Waals surface area contributed by atoms with E-state index >= 15 is 0 Å². The van der Waals surface area contributed by atoms with E-state index in [4.69, 9.17) is 0 Å². The smallest absolute Gasteiger partial charge is 0.161 e. The number of ketones is 1. The Morgan fingerprint density at radius 1 is 1.50 bits per heavy atom. The molecule has 4 atom stereocenters. The minimum absolute atomic E-state index is 0.00318. The van der Waals surface area contributed by atoms with E-state index in [2.05, 4.69) is 13.8 Å². The van der Waals surface area contributed by atoms with Crippen molar-refractivity contribution in [3.8, 4) is 0 Å². The number of carbonyl (C=O) groups excluding carboxylic acids is 1. The van der Waals surface area contributed by atoms with Crippen LogP contribution in [-0.4, -0.2) is 28.2 Å². The second kappa shape index (κ2) is 4.78. The molecule has 0 saturated heterocycles. The van der Waals surface area contributed by atoms with Gasteiger partial charge in [-0.3, -0.25) is 4.79 Å². The van der Waals surface area contributed by atoms with Gasteiger partial charge in [0.05, 0.1) is 12.2 Å². The molecule has 1 fully saturated rings. The number of rotatable bonds is 2. The number of hydrogen-bond donors (Lipinski definition) is 2. The van der Waals surface area contributed by atoms with Crippen LogP contribution >= 0.6 is 0 Å². The zero-order valence-electron chi connectivity index (χ0n) is 11.5. The van der Waals surface area contributed by atoms with E-state index in [0.29, 0.717) is 23.8 Å². The minimum atomic E-state index is -0.747. The van der Waals surface area contributed by atoms with E-state index in [1.165, 1.54) is 0 Å². The third-order valence-corrected chi connectivity index (χ3v) is 4.93. The molecule has 2 aliphatic carbocycles. The average molecular weight is 252 g/mol. The quantitative estimate of drug-likeness (QED) is 0.789. The standard InChI is InChI=1S/C15H24O3/c1-9(2)11-4-5-15(3,18)13-7-14(17)10(8-16)6-12(11)13/h6,9,11-13,16,18H,4-5,7-8H2,1-3H3/t11-,12-,13+,15+/m0/s1. The Hall–Kier alpha value is -0.670. The minimum Gasteiger partial charge on any atom is -0.392 e. The number of fused-ring (bicyclic) bond motifs is 1. The average Bonchev–Trinajstić information content (AvgIpc) is 2.29. The Labute approximate surface area is 109 Å². The first-order valence-electron chi connectivity index (χ1n) is 6.94. The molecule has 0 aromatic rings. The Kier molecular flexibility index (Phi) is 3.65. The Morgan fingerprint density at radius 3 is 2.72 bits per heavy atom. The second-order valence-electron chi connectivity index (χ2n) is 6.46. The van der Waals surface area contributed by atoms with Crippen LogP contribution in [0, 0.1) is 23.7 Å². The van der Waals surface area contributed by atoms with Gasteiger partial charge in [0.25, 0.3) is 0 Å². The van der Waals surface area contributed by atoms with Gasteiger partial charge in [-0.1, -0.05) is 19.9 Å². The molecular weight excluding hydrogens is 228 g/mol. The third-order valence-electron chi connectivity index (χ3n) is 4.93. The van der Waals surface area contributed by atoms with E-state index < -0.39 is 5.60 Å². The van der Waals surface area contributed by atoms with Crippen LogP contribution < -0.4 is 0 Å². The number of hydrogen-bond acceptors (Lipinski definition) is 3. The summed E-state index contributed by atoms with van der Waals surface area (Å²) in [6.45, 7) is 6.08. The lowest BCUT2D eigenvalue weighted by molar-refractivity contribution is -0.127. The molecule has 0 heterocycles. The Morgan fingerprint density at radius 2 is 2.17 bits per heavy atom. The highest BCUT2D eigenvalue weighted by atomic mass is 16.3. The predicted octanol–water partition coefficient (Wildman–Crippen LogP) is 1.93. The lowest BCUT2D eigenvalue weighted by Gasteiger charge is -2.49. The van der Waals surface area contributed by atoms with Gasteiger partial charge in [0, 0.05) is 17.9 Å². The molecule has 0 aromatic carbocycles. The van der Waals surface area contributed by atoms with Crippen LogP contribution in [0.1, 0.15) is 40.0 Å². The van der Waals surface area contributed by atoms with Crippen molar-refractivity contribution in [3.63, 3.8) is 0 Å². The summed E-state index contributed by atoms with van der Waals surface area (Å²) in [5.74, 6) is 1.29. The molecule has 1 saturated carbocycles. The SMILES string of the molecule is CC(C)[C@@H]1CC[C@@](C)(O)[C@@H]2CC(=O)C(CO)=C[C@H]21. The molecule has 102 valence electrons. The highest BCUT2D eigenvalue weighted by Gasteiger charge is 2.48. The summed E-state index contributed by atoms with van der Waals surface area (Å²) in [6.07, 6.45) is 4.09. The molecule has 18 heavy (non-hydrogen) atoms. The fraction of sp³-hybridized carbons (Fsp3) is 0.800. The van der Waals surface area contributed by atoms with Gasteiger partial charge in [0.15, 0.2) is 5.78 Å². The third kappa shape index (κ3) is 2.26. The summed E-state index contributed by atoms with van der Waals surface area (Å²) in [6, 6.07) is 0. The maximum atomic E-state index is 11.9. The van der Waals surface area contributed by atoms with E-state index in [9.17, 15) is 15.0 Å². The molecule has 0 aromatic heterocycles. The number of aliphatic hydroxyl groups is 2. The summed E-state index contributed by atoms with van der Waals surface area (Å²) in [5.41, 5.74) is -0.206. The first kappa shape index (κ1) is 13.8. The van der Waals surface area contributed by atoms with Crippen molar-refractivity contribution in [2.45, 2.75) is 45.6 Å². The van der Waals surface area contributed by atoms with Crippen LogP contribution in [0.4, 0.5) is 0 Å². The van der Waals surface area contributed by atoms with Gasteiger partial charge >= 0.3 is 0 Å². The van der Waals surface area contributed by atoms with Crippen LogP contribution in [0.5, 0.6) is 0 Å². The van der Waals surface area contributed by atoms with Crippen LogP contribution in [0.3, 0.4) is 0 Å². The van der Waals surface area contributed by atoms with Gasteiger partial charge in [0.2, 0.25) is 0 Å². The van der Waals surface area contributed by atoms with Crippen molar-refractivity contribution in [2.24, 2.45) is 23.7 Å². The molecule has 3 nitrogen and oxygen atoms in total. The van der Waals surface area contributed by atoms with E-state index in [1.54, 1.807) is 0 Å². The zero-order valence-corrected chi connectivity index (χ0v) is 11.5. The van der Waals surface area contributed by atoms with Crippen LogP contribution in [-0.2, 0) is 4.79 Å². The molecule has 3 heteroatoms. The second-order valence-corrected chi connectivity index (χ2v) is 6.46. The predicted molar refractivity (Wildman–Crippen MR) is 70.0 cm³/mol. The molecule has 0 spiro atoms. The molecule has 0 unspecified atom stereocenters. The normalized spacial score (nSPS) is 40.7. The zero-order chi connectivity index (χ0) is 13.5. The highest BCUT2D eigenvalue weighted by molar-refractivity contribution is 5.96. The van der Waals surface area contributed by atoms with Crippen molar-refractivity contribution in [1.82, 2.24) is 0 Å². The van der Waals surface area contributed by atoms with Gasteiger partial charge in [-0.25, -0.2) is 0 Å². The number of Topliss-reactive ketones (excluding diaryl/α,β-unsaturated/α-hetero) is 1. The van der Waals surface area contributed by atoms with Crippen LogP contribution in [0.25, 0.3) is 0 Å². The molecule has 0 aliphatic heterocycles. The summed E-state index contributed by atoms with van der Waals surface area (Å²) in [7, 11) is 0. The van der Waals surface area contributed by atoms with Crippen molar-refractivity contribution in [3.05, 3.63) is 11.6 Å². The Bertz CT molecular complexity index is 368. The number of carbonyl (C=O) groups is 1. The van der Waals surface area contributed by atoms with Crippen molar-refractivity contribution in [1.29, 1.82) is 0 Å². The summed E-state index contributed by atoms with van der Waals surface area (Å²) < 4.78 is 0. The van der Waals surface area contributed by atoms with Gasteiger partial charge in [-0.05, 0) is 37.5 Å². The lowest BCUT2D eigenvalue weighted by atomic mass is 9.58. The van der Waals surface area contributed by atoms with Crippen molar-refractivity contribution < 1.29 is 15.0 Å². The topological polar surface area (TPSA) is 57.5 Å². The van der Waals surface area contributed by atoms with Crippen LogP contribution in [0.15, 0.2) is 11.6 Å². The van der Waals surface area contributed by atoms with E-state index in [0.717, 1.165) is 12.8 Å². The highest BCUT2D eigenvalue weighted by Crippen LogP contribution is 2.48. The molecule has 2 rings (SSSR count). The lowest BCUT2D eigenvalue weighted by Crippen LogP contribution is -2.49. The van der Waals surface area contributed by atoms with E-state index in [-0.39, 0.29) is 24.2 Å². The molecule has 0 radical (unpaired) electrons.